The number of aromatic carboxylic acids is 1. The summed E-state index contributed by atoms with van der Waals surface area (Å²) in [6.07, 6.45) is 0. The number of aromatic amines is 1. The first-order chi connectivity index (χ1) is 15.9. The van der Waals surface area contributed by atoms with Crippen LogP contribution in [0.5, 0.6) is 5.75 Å². The molecule has 0 radical (unpaired) electrons. The zero-order chi connectivity index (χ0) is 24.9. The van der Waals surface area contributed by atoms with Gasteiger partial charge in [-0.2, -0.15) is 0 Å². The number of halogens is 2. The Balaban J connectivity index is 2.00. The second kappa shape index (κ2) is 7.90. The molecule has 4 rings (SSSR count). The van der Waals surface area contributed by atoms with Crippen LogP contribution in [0.2, 0.25) is 0 Å². The molecule has 1 heterocycles. The molecule has 8 N–H and O–H groups in total. The highest BCUT2D eigenvalue weighted by molar-refractivity contribution is 7.89. The van der Waals surface area contributed by atoms with Crippen LogP contribution in [0.3, 0.4) is 0 Å². The van der Waals surface area contributed by atoms with E-state index in [2.05, 4.69) is 9.97 Å². The molecule has 0 aliphatic rings. The third kappa shape index (κ3) is 3.93. The van der Waals surface area contributed by atoms with Gasteiger partial charge in [-0.25, -0.2) is 32.1 Å². The van der Waals surface area contributed by atoms with Gasteiger partial charge in [-0.3, -0.25) is 5.41 Å². The lowest BCUT2D eigenvalue weighted by molar-refractivity contribution is 0.0697. The summed E-state index contributed by atoms with van der Waals surface area (Å²) in [6, 6.07) is 7.42. The van der Waals surface area contributed by atoms with Gasteiger partial charge in [0.05, 0.1) is 22.2 Å². The maximum absolute atomic E-state index is 14.6. The van der Waals surface area contributed by atoms with Gasteiger partial charge in [0.2, 0.25) is 10.0 Å². The molecule has 0 unspecified atom stereocenters. The number of hydrogen-bond donors (Lipinski definition) is 6. The van der Waals surface area contributed by atoms with E-state index in [1.165, 1.54) is 12.1 Å². The van der Waals surface area contributed by atoms with Crippen molar-refractivity contribution in [2.75, 3.05) is 0 Å². The van der Waals surface area contributed by atoms with Crippen LogP contribution in [0.1, 0.15) is 15.9 Å². The Bertz CT molecular complexity index is 1630. The number of benzene rings is 3. The van der Waals surface area contributed by atoms with E-state index in [1.54, 1.807) is 6.07 Å². The lowest BCUT2D eigenvalue weighted by Gasteiger charge is -2.13. The van der Waals surface area contributed by atoms with Crippen molar-refractivity contribution in [3.63, 3.8) is 0 Å². The van der Waals surface area contributed by atoms with Crippen LogP contribution in [0.15, 0.2) is 47.4 Å². The van der Waals surface area contributed by atoms with Crippen LogP contribution in [0.25, 0.3) is 33.5 Å². The number of hydrogen-bond acceptors (Lipinski definition) is 6. The van der Waals surface area contributed by atoms with E-state index in [1.807, 2.05) is 0 Å². The molecule has 34 heavy (non-hydrogen) atoms. The van der Waals surface area contributed by atoms with Crippen molar-refractivity contribution in [3.05, 3.63) is 65.2 Å². The molecule has 13 heteroatoms. The fourth-order valence-electron chi connectivity index (χ4n) is 3.40. The highest BCUT2D eigenvalue weighted by Gasteiger charge is 2.24. The topological polar surface area (TPSA) is 196 Å². The maximum atomic E-state index is 14.6. The van der Waals surface area contributed by atoms with Crippen LogP contribution in [0.4, 0.5) is 8.78 Å². The van der Waals surface area contributed by atoms with Gasteiger partial charge in [0.15, 0.2) is 0 Å². The van der Waals surface area contributed by atoms with Gasteiger partial charge >= 0.3 is 5.97 Å². The van der Waals surface area contributed by atoms with Crippen LogP contribution >= 0.6 is 0 Å². The minimum absolute atomic E-state index is 0.00765. The molecule has 0 amide bonds. The number of H-pyrrole nitrogens is 1. The van der Waals surface area contributed by atoms with Crippen molar-refractivity contribution in [2.45, 2.75) is 4.90 Å². The molecule has 10 nitrogen and oxygen atoms in total. The minimum atomic E-state index is -4.60. The number of carboxylic acids is 1. The zero-order valence-electron chi connectivity index (χ0n) is 16.9. The number of carbonyl (C=O) groups is 1. The molecule has 4 aromatic rings. The fourth-order valence-corrected chi connectivity index (χ4v) is 4.01. The summed E-state index contributed by atoms with van der Waals surface area (Å²) in [7, 11) is -4.60. The Kier molecular flexibility index (Phi) is 5.30. The summed E-state index contributed by atoms with van der Waals surface area (Å²) < 4.78 is 52.0. The Labute approximate surface area is 190 Å². The van der Waals surface area contributed by atoms with Gasteiger partial charge in [-0.05, 0) is 36.4 Å². The first-order valence-electron chi connectivity index (χ1n) is 9.34. The molecule has 0 spiro atoms. The van der Waals surface area contributed by atoms with Crippen LogP contribution in [0, 0.1) is 17.0 Å². The van der Waals surface area contributed by atoms with E-state index in [0.29, 0.717) is 22.7 Å². The molecular formula is C21H15F2N5O5S. The summed E-state index contributed by atoms with van der Waals surface area (Å²) in [6.45, 7) is 0. The average molecular weight is 487 g/mol. The number of aromatic nitrogens is 2. The number of nitrogens with zero attached hydrogens (tertiary/aromatic N) is 1. The Morgan fingerprint density at radius 2 is 1.68 bits per heavy atom. The van der Waals surface area contributed by atoms with Crippen molar-refractivity contribution in [3.8, 4) is 28.3 Å². The fraction of sp³-hybridized carbons (Fsp3) is 0. The van der Waals surface area contributed by atoms with E-state index in [-0.39, 0.29) is 23.3 Å². The van der Waals surface area contributed by atoms with Gasteiger partial charge < -0.3 is 20.9 Å². The predicted octanol–water partition coefficient (Wildman–Crippen LogP) is 2.51. The van der Waals surface area contributed by atoms with E-state index in [4.69, 9.17) is 16.3 Å². The number of aromatic hydroxyl groups is 1. The van der Waals surface area contributed by atoms with E-state index >= 15 is 0 Å². The molecule has 0 saturated carbocycles. The number of imidazole rings is 1. The van der Waals surface area contributed by atoms with Crippen molar-refractivity contribution in [1.29, 1.82) is 5.41 Å². The van der Waals surface area contributed by atoms with Gasteiger partial charge in [-0.1, -0.05) is 0 Å². The smallest absolute Gasteiger partial charge is 0.335 e. The maximum Gasteiger partial charge on any atom is 0.335 e. The second-order valence-corrected chi connectivity index (χ2v) is 8.79. The number of rotatable bonds is 5. The van der Waals surface area contributed by atoms with Gasteiger partial charge in [0.25, 0.3) is 0 Å². The number of phenols is 1. The highest BCUT2D eigenvalue weighted by atomic mass is 32.2. The summed E-state index contributed by atoms with van der Waals surface area (Å²) in [5, 5.41) is 33.0. The Morgan fingerprint density at radius 3 is 2.29 bits per heavy atom. The molecule has 0 bridgehead atoms. The van der Waals surface area contributed by atoms with Crippen LogP contribution in [-0.4, -0.2) is 40.4 Å². The number of primary sulfonamides is 1. The number of phenolic OH excluding ortho intramolecular Hbond substituents is 1. The SMILES string of the molecule is N=C(N)c1ccc2nc(-c3cc(C(=O)O)cc(-c4cc(S(N)(=O)=O)c(F)cc4F)c3O)[nH]c2c1. The average Bonchev–Trinajstić information content (AvgIpc) is 3.16. The molecule has 0 saturated heterocycles. The standard InChI is InChI=1S/C21H15F2N5O5S/c22-13-7-14(23)17(34(26,32)33)6-10(13)11-3-9(21(30)31)4-12(18(11)29)20-27-15-2-1-8(19(24)25)5-16(15)28-20/h1-7,29H,(H3,24,25)(H,27,28)(H,30,31)(H2,26,32,33). The number of nitrogens with two attached hydrogens (primary N) is 2. The van der Waals surface area contributed by atoms with E-state index in [9.17, 15) is 32.2 Å². The van der Waals surface area contributed by atoms with Crippen molar-refractivity contribution >= 4 is 32.9 Å². The lowest BCUT2D eigenvalue weighted by Crippen LogP contribution is -2.14. The summed E-state index contributed by atoms with van der Waals surface area (Å²) in [5.74, 6) is -5.01. The van der Waals surface area contributed by atoms with E-state index in [0.717, 1.165) is 12.1 Å². The number of amidine groups is 1. The number of nitrogen functional groups attached to an aromatic ring is 1. The first kappa shape index (κ1) is 22.8. The summed E-state index contributed by atoms with van der Waals surface area (Å²) in [5.41, 5.74) is 5.10. The number of nitrogens with one attached hydrogen (secondary N) is 2. The second-order valence-electron chi connectivity index (χ2n) is 7.26. The molecular weight excluding hydrogens is 472 g/mol. The molecule has 1 aromatic heterocycles. The first-order valence-corrected chi connectivity index (χ1v) is 10.9. The van der Waals surface area contributed by atoms with Gasteiger partial charge in [-0.15, -0.1) is 0 Å². The minimum Gasteiger partial charge on any atom is -0.507 e. The lowest BCUT2D eigenvalue weighted by atomic mass is 9.97. The Morgan fingerprint density at radius 1 is 1.00 bits per heavy atom. The number of carboxylic acid groups (broad SMARTS) is 1. The summed E-state index contributed by atoms with van der Waals surface area (Å²) >= 11 is 0. The van der Waals surface area contributed by atoms with Crippen LogP contribution < -0.4 is 10.9 Å². The van der Waals surface area contributed by atoms with Gasteiger partial charge in [0.1, 0.15) is 33.9 Å². The van der Waals surface area contributed by atoms with E-state index < -0.39 is 55.0 Å². The molecule has 0 atom stereocenters. The largest absolute Gasteiger partial charge is 0.507 e. The molecule has 3 aromatic carbocycles. The summed E-state index contributed by atoms with van der Waals surface area (Å²) in [4.78, 5) is 17.8. The third-order valence-corrected chi connectivity index (χ3v) is 5.95. The molecule has 0 aliphatic heterocycles. The molecule has 0 aliphatic carbocycles. The van der Waals surface area contributed by atoms with Crippen molar-refractivity contribution in [1.82, 2.24) is 9.97 Å². The van der Waals surface area contributed by atoms with Crippen LogP contribution in [-0.2, 0) is 10.0 Å². The predicted molar refractivity (Wildman–Crippen MR) is 118 cm³/mol. The molecule has 174 valence electrons. The third-order valence-electron chi connectivity index (χ3n) is 5.02. The molecule has 0 fully saturated rings. The normalized spacial score (nSPS) is 11.6. The zero-order valence-corrected chi connectivity index (χ0v) is 17.7. The Hall–Kier alpha value is -4.36. The monoisotopic (exact) mass is 487 g/mol. The van der Waals surface area contributed by atoms with Crippen molar-refractivity contribution in [2.24, 2.45) is 10.9 Å². The number of sulfonamides is 1. The number of fused-ring (bicyclic) bond motifs is 1. The quantitative estimate of drug-likeness (QED) is 0.184. The van der Waals surface area contributed by atoms with Gasteiger partial charge in [0, 0.05) is 22.8 Å². The highest BCUT2D eigenvalue weighted by Crippen LogP contribution is 2.41. The van der Waals surface area contributed by atoms with Crippen molar-refractivity contribution < 1.29 is 32.2 Å².